The van der Waals surface area contributed by atoms with Crippen molar-refractivity contribution in [3.63, 3.8) is 0 Å². The summed E-state index contributed by atoms with van der Waals surface area (Å²) in [6, 6.07) is 0. The first-order valence-electron chi connectivity index (χ1n) is 5.36. The number of aliphatic hydroxyl groups is 1. The van der Waals surface area contributed by atoms with Gasteiger partial charge in [-0.2, -0.15) is 0 Å². The van der Waals surface area contributed by atoms with E-state index < -0.39 is 0 Å². The zero-order valence-electron chi connectivity index (χ0n) is 9.25. The number of rotatable bonds is 5. The molecule has 1 aliphatic heterocycles. The second-order valence-corrected chi connectivity index (χ2v) is 4.14. The predicted octanol–water partition coefficient (Wildman–Crippen LogP) is -0.321. The highest BCUT2D eigenvalue weighted by Gasteiger charge is 2.25. The van der Waals surface area contributed by atoms with Gasteiger partial charge in [-0.1, -0.05) is 6.92 Å². The quantitative estimate of drug-likeness (QED) is 0.641. The molecule has 0 radical (unpaired) electrons. The van der Waals surface area contributed by atoms with Crippen LogP contribution in [0.2, 0.25) is 0 Å². The first-order chi connectivity index (χ1) is 6.70. The van der Waals surface area contributed by atoms with E-state index in [0.717, 1.165) is 39.4 Å². The first-order valence-corrected chi connectivity index (χ1v) is 5.36. The minimum atomic E-state index is -0.175. The molecule has 1 heterocycles. The number of likely N-dealkylation sites (N-methyl/N-ethyl adjacent to an activating group) is 1. The molecule has 0 aliphatic carbocycles. The summed E-state index contributed by atoms with van der Waals surface area (Å²) < 4.78 is 5.28. The van der Waals surface area contributed by atoms with Crippen molar-refractivity contribution in [1.29, 1.82) is 0 Å². The van der Waals surface area contributed by atoms with Gasteiger partial charge in [0.15, 0.2) is 0 Å². The number of hydrogen-bond acceptors (Lipinski definition) is 4. The van der Waals surface area contributed by atoms with Crippen molar-refractivity contribution in [2.45, 2.75) is 19.4 Å². The summed E-state index contributed by atoms with van der Waals surface area (Å²) in [7, 11) is 0. The molecule has 1 atom stereocenters. The van der Waals surface area contributed by atoms with Crippen molar-refractivity contribution in [2.24, 2.45) is 0 Å². The van der Waals surface area contributed by atoms with E-state index in [0.29, 0.717) is 0 Å². The van der Waals surface area contributed by atoms with Gasteiger partial charge in [-0.3, -0.25) is 4.90 Å². The van der Waals surface area contributed by atoms with E-state index in [-0.39, 0.29) is 12.1 Å². The normalized spacial score (nSPS) is 23.4. The van der Waals surface area contributed by atoms with Crippen molar-refractivity contribution in [3.05, 3.63) is 0 Å². The Morgan fingerprint density at radius 3 is 2.57 bits per heavy atom. The topological polar surface area (TPSA) is 44.7 Å². The highest BCUT2D eigenvalue weighted by Crippen LogP contribution is 2.07. The van der Waals surface area contributed by atoms with Gasteiger partial charge in [0.2, 0.25) is 0 Å². The summed E-state index contributed by atoms with van der Waals surface area (Å²) in [5.74, 6) is 0. The van der Waals surface area contributed by atoms with Crippen molar-refractivity contribution in [2.75, 3.05) is 46.0 Å². The molecule has 0 saturated carbocycles. The Hall–Kier alpha value is -0.160. The molecule has 0 aromatic carbocycles. The van der Waals surface area contributed by atoms with Crippen LogP contribution in [0.4, 0.5) is 0 Å². The van der Waals surface area contributed by atoms with Gasteiger partial charge in [0.05, 0.1) is 25.4 Å². The van der Waals surface area contributed by atoms with Crippen LogP contribution in [-0.4, -0.2) is 61.5 Å². The summed E-state index contributed by atoms with van der Waals surface area (Å²) in [6.07, 6.45) is 0. The van der Waals surface area contributed by atoms with E-state index in [1.54, 1.807) is 0 Å². The molecule has 0 spiro atoms. The molecule has 1 saturated heterocycles. The lowest BCUT2D eigenvalue weighted by Gasteiger charge is -2.36. The maximum absolute atomic E-state index is 9.33. The maximum Gasteiger partial charge on any atom is 0.0623 e. The lowest BCUT2D eigenvalue weighted by Crippen LogP contribution is -2.55. The summed E-state index contributed by atoms with van der Waals surface area (Å²) >= 11 is 0. The number of hydrogen-bond donors (Lipinski definition) is 2. The zero-order valence-corrected chi connectivity index (χ0v) is 9.25. The number of ether oxygens (including phenoxy) is 1. The Morgan fingerprint density at radius 2 is 2.07 bits per heavy atom. The van der Waals surface area contributed by atoms with Gasteiger partial charge in [-0.25, -0.2) is 0 Å². The fourth-order valence-corrected chi connectivity index (χ4v) is 1.84. The molecule has 1 rings (SSSR count). The van der Waals surface area contributed by atoms with Gasteiger partial charge in [0.25, 0.3) is 0 Å². The van der Waals surface area contributed by atoms with Crippen LogP contribution in [-0.2, 0) is 4.74 Å². The highest BCUT2D eigenvalue weighted by atomic mass is 16.5. The predicted molar refractivity (Wildman–Crippen MR) is 56.4 cm³/mol. The molecule has 4 heteroatoms. The van der Waals surface area contributed by atoms with Crippen LogP contribution < -0.4 is 5.32 Å². The molecule has 0 aromatic heterocycles. The van der Waals surface area contributed by atoms with Gasteiger partial charge in [-0.05, 0) is 13.5 Å². The van der Waals surface area contributed by atoms with Gasteiger partial charge in [-0.15, -0.1) is 0 Å². The largest absolute Gasteiger partial charge is 0.394 e. The molecule has 0 amide bonds. The fraction of sp³-hybridized carbons (Fsp3) is 1.00. The number of nitrogens with zero attached hydrogens (tertiary/aromatic N) is 1. The van der Waals surface area contributed by atoms with E-state index in [9.17, 15) is 5.11 Å². The Bertz CT molecular complexity index is 160. The Morgan fingerprint density at radius 1 is 1.43 bits per heavy atom. The van der Waals surface area contributed by atoms with E-state index >= 15 is 0 Å². The van der Waals surface area contributed by atoms with E-state index in [2.05, 4.69) is 24.1 Å². The van der Waals surface area contributed by atoms with Crippen molar-refractivity contribution < 1.29 is 9.84 Å². The van der Waals surface area contributed by atoms with Gasteiger partial charge >= 0.3 is 0 Å². The minimum absolute atomic E-state index is 0.175. The molecular weight excluding hydrogens is 180 g/mol. The molecule has 1 fully saturated rings. The Kier molecular flexibility index (Phi) is 4.81. The van der Waals surface area contributed by atoms with Crippen LogP contribution in [0.25, 0.3) is 0 Å². The Balaban J connectivity index is 2.37. The summed E-state index contributed by atoms with van der Waals surface area (Å²) in [4.78, 5) is 2.34. The van der Waals surface area contributed by atoms with Crippen LogP contribution in [0.3, 0.4) is 0 Å². The lowest BCUT2D eigenvalue weighted by molar-refractivity contribution is 0.0176. The average molecular weight is 202 g/mol. The maximum atomic E-state index is 9.33. The van der Waals surface area contributed by atoms with Crippen LogP contribution in [0, 0.1) is 0 Å². The average Bonchev–Trinajstić information content (AvgIpc) is 2.20. The summed E-state index contributed by atoms with van der Waals surface area (Å²) in [5, 5.41) is 12.7. The van der Waals surface area contributed by atoms with E-state index in [1.165, 1.54) is 0 Å². The number of morpholine rings is 1. The number of aliphatic hydroxyl groups excluding tert-OH is 1. The molecule has 1 unspecified atom stereocenters. The summed E-state index contributed by atoms with van der Waals surface area (Å²) in [6.45, 7) is 9.66. The standard InChI is InChI=1S/C10H22N2O2/c1-3-11-10(2,9-13)8-12-4-6-14-7-5-12/h11,13H,3-9H2,1-2H3. The van der Waals surface area contributed by atoms with Crippen molar-refractivity contribution in [3.8, 4) is 0 Å². The smallest absolute Gasteiger partial charge is 0.0623 e. The second kappa shape index (κ2) is 5.66. The van der Waals surface area contributed by atoms with E-state index in [4.69, 9.17) is 4.74 Å². The molecule has 0 aromatic rings. The number of nitrogens with one attached hydrogen (secondary N) is 1. The lowest BCUT2D eigenvalue weighted by atomic mass is 10.0. The van der Waals surface area contributed by atoms with E-state index in [1.807, 2.05) is 0 Å². The highest BCUT2D eigenvalue weighted by molar-refractivity contribution is 4.86. The summed E-state index contributed by atoms with van der Waals surface area (Å²) in [5.41, 5.74) is -0.175. The third-order valence-electron chi connectivity index (χ3n) is 2.63. The van der Waals surface area contributed by atoms with Crippen LogP contribution in [0.15, 0.2) is 0 Å². The SMILES string of the molecule is CCNC(C)(CO)CN1CCOCC1. The third-order valence-corrected chi connectivity index (χ3v) is 2.63. The molecular formula is C10H22N2O2. The van der Waals surface area contributed by atoms with Crippen molar-refractivity contribution in [1.82, 2.24) is 10.2 Å². The monoisotopic (exact) mass is 202 g/mol. The van der Waals surface area contributed by atoms with Gasteiger partial charge in [0.1, 0.15) is 0 Å². The van der Waals surface area contributed by atoms with Crippen LogP contribution in [0.1, 0.15) is 13.8 Å². The van der Waals surface area contributed by atoms with Crippen molar-refractivity contribution >= 4 is 0 Å². The van der Waals surface area contributed by atoms with Gasteiger partial charge < -0.3 is 15.2 Å². The molecule has 0 bridgehead atoms. The van der Waals surface area contributed by atoms with Crippen LogP contribution in [0.5, 0.6) is 0 Å². The molecule has 14 heavy (non-hydrogen) atoms. The fourth-order valence-electron chi connectivity index (χ4n) is 1.84. The second-order valence-electron chi connectivity index (χ2n) is 4.14. The first kappa shape index (κ1) is 11.9. The Labute approximate surface area is 86.2 Å². The van der Waals surface area contributed by atoms with Crippen LogP contribution >= 0.6 is 0 Å². The van der Waals surface area contributed by atoms with Gasteiger partial charge in [0, 0.05) is 19.6 Å². The zero-order chi connectivity index (χ0) is 10.4. The molecule has 2 N–H and O–H groups in total. The molecule has 1 aliphatic rings. The molecule has 84 valence electrons. The molecule has 4 nitrogen and oxygen atoms in total. The minimum Gasteiger partial charge on any atom is -0.394 e. The third kappa shape index (κ3) is 3.53.